The van der Waals surface area contributed by atoms with E-state index >= 15 is 0 Å². The maximum atomic E-state index is 11.6. The maximum Gasteiger partial charge on any atom is 0.264 e. The fourth-order valence-electron chi connectivity index (χ4n) is 1.26. The molecule has 2 aromatic heterocycles. The minimum absolute atomic E-state index is 0.0811. The number of hydrogen-bond donors (Lipinski definition) is 1. The molecule has 0 fully saturated rings. The van der Waals surface area contributed by atoms with Crippen LogP contribution in [0.25, 0.3) is 0 Å². The van der Waals surface area contributed by atoms with E-state index in [0.29, 0.717) is 16.8 Å². The molecule has 0 aliphatic heterocycles. The Morgan fingerprint density at radius 3 is 2.95 bits per heavy atom. The molecule has 2 aromatic rings. The molecule has 0 atom stereocenters. The summed E-state index contributed by atoms with van der Waals surface area (Å²) in [4.78, 5) is 15.5. The average Bonchev–Trinajstić information content (AvgIpc) is 2.86. The van der Waals surface area contributed by atoms with E-state index in [4.69, 9.17) is 4.74 Å². The Balaban J connectivity index is 1.84. The predicted molar refractivity (Wildman–Crippen MR) is 72.4 cm³/mol. The lowest BCUT2D eigenvalue weighted by molar-refractivity contribution is -0.118. The van der Waals surface area contributed by atoms with Crippen molar-refractivity contribution in [1.82, 2.24) is 15.2 Å². The summed E-state index contributed by atoms with van der Waals surface area (Å²) >= 11 is 1.37. The number of hydrogen-bond acceptors (Lipinski definition) is 6. The van der Waals surface area contributed by atoms with E-state index < -0.39 is 0 Å². The molecule has 1 amide bonds. The van der Waals surface area contributed by atoms with E-state index in [2.05, 4.69) is 20.5 Å². The second-order valence-electron chi connectivity index (χ2n) is 4.13. The lowest BCUT2D eigenvalue weighted by Crippen LogP contribution is -2.20. The van der Waals surface area contributed by atoms with Crippen molar-refractivity contribution in [3.05, 3.63) is 29.5 Å². The molecule has 100 valence electrons. The topological polar surface area (TPSA) is 77.0 Å². The Labute approximate surface area is 114 Å². The van der Waals surface area contributed by atoms with Crippen LogP contribution in [-0.2, 0) is 4.79 Å². The van der Waals surface area contributed by atoms with E-state index in [1.165, 1.54) is 11.3 Å². The average molecular weight is 278 g/mol. The van der Waals surface area contributed by atoms with Crippen LogP contribution in [0.5, 0.6) is 5.75 Å². The second-order valence-corrected chi connectivity index (χ2v) is 5.13. The Morgan fingerprint density at radius 1 is 1.47 bits per heavy atom. The van der Waals surface area contributed by atoms with Gasteiger partial charge in [0.05, 0.1) is 6.20 Å². The van der Waals surface area contributed by atoms with Crippen LogP contribution in [0, 0.1) is 0 Å². The van der Waals surface area contributed by atoms with E-state index in [1.807, 2.05) is 13.8 Å². The fourth-order valence-corrected chi connectivity index (χ4v) is 2.02. The van der Waals surface area contributed by atoms with Gasteiger partial charge in [-0.05, 0) is 12.1 Å². The maximum absolute atomic E-state index is 11.6. The minimum atomic E-state index is -0.268. The van der Waals surface area contributed by atoms with Gasteiger partial charge in [-0.25, -0.2) is 0 Å². The number of amides is 1. The number of nitrogens with zero attached hydrogens (tertiary/aromatic N) is 3. The van der Waals surface area contributed by atoms with Crippen molar-refractivity contribution in [2.24, 2.45) is 0 Å². The molecule has 0 radical (unpaired) electrons. The van der Waals surface area contributed by atoms with Gasteiger partial charge < -0.3 is 4.74 Å². The number of anilines is 1. The highest BCUT2D eigenvalue weighted by Gasteiger charge is 2.10. The zero-order valence-electron chi connectivity index (χ0n) is 10.7. The van der Waals surface area contributed by atoms with E-state index in [0.717, 1.165) is 5.01 Å². The number of pyridine rings is 1. The molecule has 0 saturated heterocycles. The van der Waals surface area contributed by atoms with Crippen LogP contribution < -0.4 is 10.1 Å². The highest BCUT2D eigenvalue weighted by molar-refractivity contribution is 7.15. The molecule has 0 unspecified atom stereocenters. The highest BCUT2D eigenvalue weighted by atomic mass is 32.1. The number of aromatic nitrogens is 3. The van der Waals surface area contributed by atoms with Gasteiger partial charge in [-0.15, -0.1) is 10.2 Å². The summed E-state index contributed by atoms with van der Waals surface area (Å²) in [7, 11) is 0. The van der Waals surface area contributed by atoms with Crippen LogP contribution in [0.15, 0.2) is 24.5 Å². The third kappa shape index (κ3) is 3.99. The Kier molecular flexibility index (Phi) is 4.40. The highest BCUT2D eigenvalue weighted by Crippen LogP contribution is 2.22. The molecule has 0 spiro atoms. The van der Waals surface area contributed by atoms with Crippen molar-refractivity contribution in [3.63, 3.8) is 0 Å². The molecular formula is C12H14N4O2S. The molecule has 0 bridgehead atoms. The van der Waals surface area contributed by atoms with Gasteiger partial charge in [0.1, 0.15) is 10.8 Å². The largest absolute Gasteiger partial charge is 0.482 e. The third-order valence-corrected chi connectivity index (χ3v) is 3.32. The van der Waals surface area contributed by atoms with E-state index in [9.17, 15) is 4.79 Å². The van der Waals surface area contributed by atoms with Gasteiger partial charge in [-0.1, -0.05) is 25.2 Å². The van der Waals surface area contributed by atoms with Gasteiger partial charge in [0.25, 0.3) is 5.91 Å². The lowest BCUT2D eigenvalue weighted by atomic mass is 10.2. The number of rotatable bonds is 5. The van der Waals surface area contributed by atoms with Crippen molar-refractivity contribution >= 4 is 22.4 Å². The van der Waals surface area contributed by atoms with Gasteiger partial charge in [0, 0.05) is 12.1 Å². The first-order valence-corrected chi connectivity index (χ1v) is 6.63. The SMILES string of the molecule is CC(C)c1nnc(NC(=O)COc2cccnc2)s1. The zero-order chi connectivity index (χ0) is 13.7. The van der Waals surface area contributed by atoms with E-state index in [-0.39, 0.29) is 12.5 Å². The monoisotopic (exact) mass is 278 g/mol. The first kappa shape index (κ1) is 13.4. The summed E-state index contributed by atoms with van der Waals surface area (Å²) in [5, 5.41) is 11.9. The molecule has 7 heteroatoms. The van der Waals surface area contributed by atoms with Gasteiger partial charge in [-0.3, -0.25) is 15.1 Å². The van der Waals surface area contributed by atoms with Crippen LogP contribution in [0.1, 0.15) is 24.8 Å². The molecule has 2 rings (SSSR count). The van der Waals surface area contributed by atoms with Crippen molar-refractivity contribution in [2.45, 2.75) is 19.8 Å². The molecule has 6 nitrogen and oxygen atoms in total. The summed E-state index contributed by atoms with van der Waals surface area (Å²) in [5.41, 5.74) is 0. The first-order valence-electron chi connectivity index (χ1n) is 5.81. The second kappa shape index (κ2) is 6.24. The van der Waals surface area contributed by atoms with Crippen molar-refractivity contribution in [2.75, 3.05) is 11.9 Å². The molecule has 0 aliphatic carbocycles. The predicted octanol–water partition coefficient (Wildman–Crippen LogP) is 2.07. The van der Waals surface area contributed by atoms with Crippen molar-refractivity contribution in [3.8, 4) is 5.75 Å². The Hall–Kier alpha value is -2.02. The van der Waals surface area contributed by atoms with Gasteiger partial charge >= 0.3 is 0 Å². The first-order chi connectivity index (χ1) is 9.15. The minimum Gasteiger partial charge on any atom is -0.482 e. The standard InChI is InChI=1S/C12H14N4O2S/c1-8(2)11-15-16-12(19-11)14-10(17)7-18-9-4-3-5-13-6-9/h3-6,8H,7H2,1-2H3,(H,14,16,17). The summed E-state index contributed by atoms with van der Waals surface area (Å²) in [6.45, 7) is 3.97. The van der Waals surface area contributed by atoms with Gasteiger partial charge in [-0.2, -0.15) is 0 Å². The number of carbonyl (C=O) groups excluding carboxylic acids is 1. The Bertz CT molecular complexity index is 542. The van der Waals surface area contributed by atoms with Crippen LogP contribution in [-0.4, -0.2) is 27.7 Å². The van der Waals surface area contributed by atoms with E-state index in [1.54, 1.807) is 24.5 Å². The summed E-state index contributed by atoms with van der Waals surface area (Å²) in [6, 6.07) is 3.48. The van der Waals surface area contributed by atoms with Gasteiger partial charge in [0.15, 0.2) is 6.61 Å². The third-order valence-electron chi connectivity index (χ3n) is 2.19. The fraction of sp³-hybridized carbons (Fsp3) is 0.333. The molecule has 1 N–H and O–H groups in total. The van der Waals surface area contributed by atoms with Crippen LogP contribution in [0.3, 0.4) is 0 Å². The summed E-state index contributed by atoms with van der Waals surface area (Å²) in [5.74, 6) is 0.586. The van der Waals surface area contributed by atoms with Crippen LogP contribution >= 0.6 is 11.3 Å². The summed E-state index contributed by atoms with van der Waals surface area (Å²) in [6.07, 6.45) is 3.19. The smallest absolute Gasteiger partial charge is 0.264 e. The number of ether oxygens (including phenoxy) is 1. The Morgan fingerprint density at radius 2 is 2.32 bits per heavy atom. The van der Waals surface area contributed by atoms with Crippen LogP contribution in [0.2, 0.25) is 0 Å². The van der Waals surface area contributed by atoms with Crippen molar-refractivity contribution in [1.29, 1.82) is 0 Å². The van der Waals surface area contributed by atoms with Crippen molar-refractivity contribution < 1.29 is 9.53 Å². The van der Waals surface area contributed by atoms with Gasteiger partial charge in [0.2, 0.25) is 5.13 Å². The normalized spacial score (nSPS) is 10.5. The lowest BCUT2D eigenvalue weighted by Gasteiger charge is -2.04. The number of carbonyl (C=O) groups is 1. The van der Waals surface area contributed by atoms with Crippen LogP contribution in [0.4, 0.5) is 5.13 Å². The quantitative estimate of drug-likeness (QED) is 0.906. The summed E-state index contributed by atoms with van der Waals surface area (Å²) < 4.78 is 5.28. The molecule has 0 saturated carbocycles. The molecular weight excluding hydrogens is 264 g/mol. The molecule has 0 aromatic carbocycles. The molecule has 2 heterocycles. The zero-order valence-corrected chi connectivity index (χ0v) is 11.5. The molecule has 0 aliphatic rings. The number of nitrogens with one attached hydrogen (secondary N) is 1. The molecule has 19 heavy (non-hydrogen) atoms.